The second kappa shape index (κ2) is 9.77. The van der Waals surface area contributed by atoms with E-state index in [0.29, 0.717) is 26.1 Å². The molecule has 0 bridgehead atoms. The number of aromatic nitrogens is 1. The van der Waals surface area contributed by atoms with E-state index < -0.39 is 21.5 Å². The second-order valence-electron chi connectivity index (χ2n) is 8.79. The fraction of sp³-hybridized carbons (Fsp3) is 0.400. The fourth-order valence-electron chi connectivity index (χ4n) is 4.59. The number of primary amides is 1. The van der Waals surface area contributed by atoms with Gasteiger partial charge < -0.3 is 19.8 Å². The van der Waals surface area contributed by atoms with Gasteiger partial charge in [0.1, 0.15) is 17.9 Å². The zero-order chi connectivity index (χ0) is 24.3. The third-order valence-electron chi connectivity index (χ3n) is 6.54. The summed E-state index contributed by atoms with van der Waals surface area (Å²) in [6, 6.07) is 14.7. The number of hydrogen-bond acceptors (Lipinski definition) is 5. The van der Waals surface area contributed by atoms with Gasteiger partial charge in [-0.1, -0.05) is 25.3 Å². The molecule has 0 spiro atoms. The number of carbonyl (C=O) groups is 1. The molecule has 1 aliphatic carbocycles. The molecule has 8 nitrogen and oxygen atoms in total. The van der Waals surface area contributed by atoms with Crippen LogP contribution in [0.5, 0.6) is 5.75 Å². The normalized spacial score (nSPS) is 15.9. The number of aryl methyl sites for hydroxylation is 1. The van der Waals surface area contributed by atoms with E-state index in [9.17, 15) is 13.2 Å². The number of amides is 1. The molecule has 3 N–H and O–H groups in total. The van der Waals surface area contributed by atoms with Crippen LogP contribution in [-0.2, 0) is 26.6 Å². The van der Waals surface area contributed by atoms with Crippen LogP contribution >= 0.6 is 0 Å². The summed E-state index contributed by atoms with van der Waals surface area (Å²) < 4.78 is 41.7. The summed E-state index contributed by atoms with van der Waals surface area (Å²) in [5.41, 5.74) is 7.11. The van der Waals surface area contributed by atoms with Gasteiger partial charge in [-0.3, -0.25) is 4.79 Å². The van der Waals surface area contributed by atoms with E-state index in [2.05, 4.69) is 4.72 Å². The van der Waals surface area contributed by atoms with E-state index in [0.717, 1.165) is 47.2 Å². The largest absolute Gasteiger partial charge is 0.491 e. The molecule has 1 saturated carbocycles. The number of nitrogens with zero attached hydrogens (tertiary/aromatic N) is 1. The summed E-state index contributed by atoms with van der Waals surface area (Å²) >= 11 is 0. The lowest BCUT2D eigenvalue weighted by molar-refractivity contribution is -0.124. The fourth-order valence-corrected chi connectivity index (χ4v) is 6.04. The minimum atomic E-state index is -3.93. The molecule has 0 unspecified atom stereocenters. The standard InChI is InChI=1S/C25H31N3O5S/c1-28-22(18-6-9-20(10-7-18)33-15-14-32-2)16-19-8-11-21(17-23(19)28)34(30,31)27-25(24(26)29)12-4-3-5-13-25/h6-11,16-17,27H,3-5,12-15H2,1-2H3,(H2,26,29). The molecule has 4 rings (SSSR count). The topological polar surface area (TPSA) is 113 Å². The molecule has 1 heterocycles. The van der Waals surface area contributed by atoms with Gasteiger partial charge in [0.15, 0.2) is 0 Å². The SMILES string of the molecule is COCCOc1ccc(-c2cc3ccc(S(=O)(=O)NC4(C(N)=O)CCCCC4)cc3n2C)cc1. The quantitative estimate of drug-likeness (QED) is 0.452. The Morgan fingerprint density at radius 2 is 1.76 bits per heavy atom. The highest BCUT2D eigenvalue weighted by Crippen LogP contribution is 2.32. The molecule has 0 radical (unpaired) electrons. The van der Waals surface area contributed by atoms with Gasteiger partial charge in [0, 0.05) is 30.8 Å². The van der Waals surface area contributed by atoms with Crippen molar-refractivity contribution in [3.05, 3.63) is 48.5 Å². The number of nitrogens with two attached hydrogens (primary N) is 1. The van der Waals surface area contributed by atoms with Crippen molar-refractivity contribution in [3.63, 3.8) is 0 Å². The predicted octanol–water partition coefficient (Wildman–Crippen LogP) is 3.34. The number of benzene rings is 2. The van der Waals surface area contributed by atoms with Crippen LogP contribution in [0, 0.1) is 0 Å². The number of carbonyl (C=O) groups excluding carboxylic acids is 1. The van der Waals surface area contributed by atoms with Crippen molar-refractivity contribution in [1.82, 2.24) is 9.29 Å². The van der Waals surface area contributed by atoms with Gasteiger partial charge >= 0.3 is 0 Å². The highest BCUT2D eigenvalue weighted by Gasteiger charge is 2.41. The molecular formula is C25H31N3O5S. The van der Waals surface area contributed by atoms with Crippen molar-refractivity contribution >= 4 is 26.8 Å². The maximum atomic E-state index is 13.2. The zero-order valence-corrected chi connectivity index (χ0v) is 20.4. The highest BCUT2D eigenvalue weighted by molar-refractivity contribution is 7.89. The van der Waals surface area contributed by atoms with Gasteiger partial charge in [-0.05, 0) is 60.9 Å². The van der Waals surface area contributed by atoms with Crippen LogP contribution in [0.3, 0.4) is 0 Å². The van der Waals surface area contributed by atoms with Crippen molar-refractivity contribution in [3.8, 4) is 17.0 Å². The Morgan fingerprint density at radius 1 is 1.06 bits per heavy atom. The lowest BCUT2D eigenvalue weighted by Crippen LogP contribution is -2.58. The lowest BCUT2D eigenvalue weighted by Gasteiger charge is -2.34. The summed E-state index contributed by atoms with van der Waals surface area (Å²) in [6.07, 6.45) is 3.34. The Bertz CT molecular complexity index is 1280. The number of hydrogen-bond donors (Lipinski definition) is 2. The summed E-state index contributed by atoms with van der Waals surface area (Å²) in [5, 5.41) is 0.916. The first kappa shape index (κ1) is 24.3. The van der Waals surface area contributed by atoms with Crippen LogP contribution in [0.15, 0.2) is 53.4 Å². The molecule has 1 aliphatic rings. The maximum Gasteiger partial charge on any atom is 0.241 e. The average molecular weight is 486 g/mol. The molecule has 3 aromatic rings. The molecule has 182 valence electrons. The molecule has 1 amide bonds. The van der Waals surface area contributed by atoms with Gasteiger partial charge in [-0.15, -0.1) is 0 Å². The van der Waals surface area contributed by atoms with Crippen molar-refractivity contribution in [2.75, 3.05) is 20.3 Å². The van der Waals surface area contributed by atoms with E-state index in [-0.39, 0.29) is 4.90 Å². The molecule has 0 aliphatic heterocycles. The average Bonchev–Trinajstić information content (AvgIpc) is 3.16. The Kier molecular flexibility index (Phi) is 6.97. The van der Waals surface area contributed by atoms with Gasteiger partial charge in [-0.25, -0.2) is 8.42 Å². The summed E-state index contributed by atoms with van der Waals surface area (Å²) in [7, 11) is -0.405. The number of sulfonamides is 1. The third kappa shape index (κ3) is 4.82. The number of fused-ring (bicyclic) bond motifs is 1. The summed E-state index contributed by atoms with van der Waals surface area (Å²) in [5.74, 6) is 0.137. The Labute approximate surface area is 200 Å². The summed E-state index contributed by atoms with van der Waals surface area (Å²) in [4.78, 5) is 12.3. The monoisotopic (exact) mass is 485 g/mol. The molecule has 0 saturated heterocycles. The van der Waals surface area contributed by atoms with E-state index in [1.807, 2.05) is 41.9 Å². The van der Waals surface area contributed by atoms with Gasteiger partial charge in [0.25, 0.3) is 0 Å². The molecule has 1 fully saturated rings. The van der Waals surface area contributed by atoms with E-state index in [1.54, 1.807) is 25.3 Å². The predicted molar refractivity (Wildman–Crippen MR) is 131 cm³/mol. The van der Waals surface area contributed by atoms with E-state index in [4.69, 9.17) is 15.2 Å². The van der Waals surface area contributed by atoms with Crippen LogP contribution in [-0.4, -0.2) is 44.8 Å². The van der Waals surface area contributed by atoms with Crippen LogP contribution in [0.1, 0.15) is 32.1 Å². The number of methoxy groups -OCH3 is 1. The number of rotatable bonds is 9. The van der Waals surface area contributed by atoms with Crippen LogP contribution < -0.4 is 15.2 Å². The molecular weight excluding hydrogens is 454 g/mol. The van der Waals surface area contributed by atoms with Crippen molar-refractivity contribution < 1.29 is 22.7 Å². The second-order valence-corrected chi connectivity index (χ2v) is 10.5. The molecule has 2 aromatic carbocycles. The zero-order valence-electron chi connectivity index (χ0n) is 19.5. The van der Waals surface area contributed by atoms with E-state index in [1.165, 1.54) is 0 Å². The van der Waals surface area contributed by atoms with Crippen LogP contribution in [0.2, 0.25) is 0 Å². The first-order valence-electron chi connectivity index (χ1n) is 11.4. The van der Waals surface area contributed by atoms with Gasteiger partial charge in [-0.2, -0.15) is 4.72 Å². The minimum Gasteiger partial charge on any atom is -0.491 e. The molecule has 1 aromatic heterocycles. The first-order chi connectivity index (χ1) is 16.3. The third-order valence-corrected chi connectivity index (χ3v) is 8.08. The Hall–Kier alpha value is -2.88. The molecule has 9 heteroatoms. The maximum absolute atomic E-state index is 13.2. The van der Waals surface area contributed by atoms with Crippen molar-refractivity contribution in [2.24, 2.45) is 12.8 Å². The molecule has 0 atom stereocenters. The minimum absolute atomic E-state index is 0.112. The lowest BCUT2D eigenvalue weighted by atomic mass is 9.82. The number of nitrogens with one attached hydrogen (secondary N) is 1. The highest BCUT2D eigenvalue weighted by atomic mass is 32.2. The van der Waals surface area contributed by atoms with Crippen LogP contribution in [0.25, 0.3) is 22.2 Å². The summed E-state index contributed by atoms with van der Waals surface area (Å²) in [6.45, 7) is 0.998. The van der Waals surface area contributed by atoms with Gasteiger partial charge in [0.05, 0.1) is 11.5 Å². The first-order valence-corrected chi connectivity index (χ1v) is 12.9. The Balaban J connectivity index is 1.62. The Morgan fingerprint density at radius 3 is 2.41 bits per heavy atom. The van der Waals surface area contributed by atoms with Crippen LogP contribution in [0.4, 0.5) is 0 Å². The van der Waals surface area contributed by atoms with Gasteiger partial charge in [0.2, 0.25) is 15.9 Å². The van der Waals surface area contributed by atoms with Crippen molar-refractivity contribution in [2.45, 2.75) is 42.5 Å². The van der Waals surface area contributed by atoms with Crippen molar-refractivity contribution in [1.29, 1.82) is 0 Å². The molecule has 34 heavy (non-hydrogen) atoms. The number of ether oxygens (including phenoxy) is 2. The smallest absolute Gasteiger partial charge is 0.241 e. The van der Waals surface area contributed by atoms with E-state index >= 15 is 0 Å².